The Bertz CT molecular complexity index is 565. The van der Waals surface area contributed by atoms with Crippen molar-refractivity contribution in [3.8, 4) is 6.07 Å². The zero-order valence-electron chi connectivity index (χ0n) is 10.2. The lowest BCUT2D eigenvalue weighted by Crippen LogP contribution is -2.49. The Morgan fingerprint density at radius 3 is 2.79 bits per heavy atom. The summed E-state index contributed by atoms with van der Waals surface area (Å²) < 4.78 is 10.4. The van der Waals surface area contributed by atoms with Gasteiger partial charge in [0.15, 0.2) is 5.41 Å². The SMILES string of the molecule is N#CC1=C(N)N=C(N2CCOCC2)C12C=COC2=N. The molecule has 3 N–H and O–H groups in total. The first-order chi connectivity index (χ1) is 9.20. The minimum Gasteiger partial charge on any atom is -0.450 e. The predicted octanol–water partition coefficient (Wildman–Crippen LogP) is -0.0679. The average Bonchev–Trinajstić information content (AvgIpc) is 2.94. The Labute approximate surface area is 110 Å². The lowest BCUT2D eigenvalue weighted by atomic mass is 9.80. The van der Waals surface area contributed by atoms with E-state index in [2.05, 4.69) is 11.1 Å². The molecule has 3 aliphatic heterocycles. The van der Waals surface area contributed by atoms with Crippen LogP contribution in [0.5, 0.6) is 0 Å². The number of aliphatic imine (C=N–C) groups is 1. The molecule has 3 heterocycles. The van der Waals surface area contributed by atoms with Gasteiger partial charge >= 0.3 is 0 Å². The number of hydrogen-bond acceptors (Lipinski definition) is 7. The van der Waals surface area contributed by atoms with Crippen LogP contribution in [0.4, 0.5) is 0 Å². The average molecular weight is 259 g/mol. The second kappa shape index (κ2) is 4.10. The quantitative estimate of drug-likeness (QED) is 0.633. The molecule has 1 spiro atoms. The van der Waals surface area contributed by atoms with Crippen molar-refractivity contribution in [2.24, 2.45) is 16.1 Å². The van der Waals surface area contributed by atoms with Gasteiger partial charge in [0.25, 0.3) is 0 Å². The third kappa shape index (κ3) is 1.47. The number of hydrogen-bond donors (Lipinski definition) is 2. The molecule has 7 nitrogen and oxygen atoms in total. The van der Waals surface area contributed by atoms with Gasteiger partial charge in [-0.2, -0.15) is 5.26 Å². The van der Waals surface area contributed by atoms with Crippen LogP contribution < -0.4 is 5.73 Å². The summed E-state index contributed by atoms with van der Waals surface area (Å²) in [5.74, 6) is 0.710. The monoisotopic (exact) mass is 259 g/mol. The molecule has 1 saturated heterocycles. The molecule has 0 amide bonds. The molecular formula is C12H13N5O2. The van der Waals surface area contributed by atoms with E-state index in [1.807, 2.05) is 4.90 Å². The van der Waals surface area contributed by atoms with Crippen molar-refractivity contribution in [1.29, 1.82) is 10.7 Å². The van der Waals surface area contributed by atoms with Gasteiger partial charge in [0.2, 0.25) is 5.90 Å². The minimum absolute atomic E-state index is 0.0326. The smallest absolute Gasteiger partial charge is 0.209 e. The summed E-state index contributed by atoms with van der Waals surface area (Å²) in [6.45, 7) is 2.50. The van der Waals surface area contributed by atoms with Gasteiger partial charge in [-0.15, -0.1) is 0 Å². The largest absolute Gasteiger partial charge is 0.450 e. The first-order valence-corrected chi connectivity index (χ1v) is 5.95. The fourth-order valence-corrected chi connectivity index (χ4v) is 2.56. The molecule has 3 rings (SSSR count). The lowest BCUT2D eigenvalue weighted by Gasteiger charge is -2.34. The topological polar surface area (TPSA) is 108 Å². The van der Waals surface area contributed by atoms with Crippen LogP contribution in [-0.4, -0.2) is 42.9 Å². The number of nitriles is 1. The van der Waals surface area contributed by atoms with Gasteiger partial charge in [0.05, 0.1) is 25.0 Å². The highest BCUT2D eigenvalue weighted by Gasteiger charge is 2.53. The molecular weight excluding hydrogens is 246 g/mol. The van der Waals surface area contributed by atoms with E-state index >= 15 is 0 Å². The number of morpholine rings is 1. The first-order valence-electron chi connectivity index (χ1n) is 5.95. The van der Waals surface area contributed by atoms with Gasteiger partial charge in [-0.3, -0.25) is 5.41 Å². The van der Waals surface area contributed by atoms with Gasteiger partial charge in [0, 0.05) is 13.1 Å². The highest BCUT2D eigenvalue weighted by Crippen LogP contribution is 2.43. The van der Waals surface area contributed by atoms with Gasteiger partial charge in [-0.05, 0) is 6.08 Å². The Balaban J connectivity index is 2.06. The molecule has 0 aromatic carbocycles. The van der Waals surface area contributed by atoms with E-state index in [-0.39, 0.29) is 17.3 Å². The van der Waals surface area contributed by atoms with Crippen LogP contribution in [-0.2, 0) is 9.47 Å². The zero-order valence-corrected chi connectivity index (χ0v) is 10.2. The number of nitrogens with two attached hydrogens (primary N) is 1. The molecule has 98 valence electrons. The number of amidine groups is 1. The summed E-state index contributed by atoms with van der Waals surface area (Å²) in [6.07, 6.45) is 3.08. The lowest BCUT2D eigenvalue weighted by molar-refractivity contribution is 0.0662. The maximum absolute atomic E-state index is 9.31. The Morgan fingerprint density at radius 1 is 1.47 bits per heavy atom. The number of nitrogens with zero attached hydrogens (tertiary/aromatic N) is 3. The third-order valence-electron chi connectivity index (χ3n) is 3.51. The van der Waals surface area contributed by atoms with Crippen LogP contribution in [0.2, 0.25) is 0 Å². The van der Waals surface area contributed by atoms with Crippen molar-refractivity contribution in [2.45, 2.75) is 0 Å². The molecule has 1 atom stereocenters. The molecule has 1 fully saturated rings. The van der Waals surface area contributed by atoms with Crippen LogP contribution in [0.15, 0.2) is 28.7 Å². The Hall–Kier alpha value is -2.33. The molecule has 19 heavy (non-hydrogen) atoms. The predicted molar refractivity (Wildman–Crippen MR) is 67.0 cm³/mol. The van der Waals surface area contributed by atoms with E-state index in [1.165, 1.54) is 6.26 Å². The minimum atomic E-state index is -1.05. The Morgan fingerprint density at radius 2 is 2.21 bits per heavy atom. The van der Waals surface area contributed by atoms with E-state index in [9.17, 15) is 5.26 Å². The molecule has 3 aliphatic rings. The van der Waals surface area contributed by atoms with E-state index < -0.39 is 5.41 Å². The molecule has 1 unspecified atom stereocenters. The second-order valence-corrected chi connectivity index (χ2v) is 4.46. The summed E-state index contributed by atoms with van der Waals surface area (Å²) in [4.78, 5) is 6.29. The standard InChI is InChI=1S/C12H13N5O2/c13-7-8-9(14)16-11(17-2-5-18-6-3-17)12(8)1-4-19-10(12)15/h1,4,15H,2-3,5-6,14H2. The van der Waals surface area contributed by atoms with Crippen LogP contribution in [0.25, 0.3) is 0 Å². The fourth-order valence-electron chi connectivity index (χ4n) is 2.56. The summed E-state index contributed by atoms with van der Waals surface area (Å²) in [5, 5.41) is 17.3. The summed E-state index contributed by atoms with van der Waals surface area (Å²) >= 11 is 0. The van der Waals surface area contributed by atoms with Gasteiger partial charge in [0.1, 0.15) is 17.7 Å². The fraction of sp³-hybridized carbons (Fsp3) is 0.417. The molecule has 0 aromatic rings. The van der Waals surface area contributed by atoms with Gasteiger partial charge in [-0.1, -0.05) is 0 Å². The Kier molecular flexibility index (Phi) is 2.54. The van der Waals surface area contributed by atoms with Crippen LogP contribution >= 0.6 is 0 Å². The van der Waals surface area contributed by atoms with Crippen LogP contribution in [0.3, 0.4) is 0 Å². The molecule has 0 bridgehead atoms. The number of nitrogens with one attached hydrogen (secondary N) is 1. The van der Waals surface area contributed by atoms with Crippen molar-refractivity contribution in [2.75, 3.05) is 26.3 Å². The third-order valence-corrected chi connectivity index (χ3v) is 3.51. The summed E-state index contributed by atoms with van der Waals surface area (Å²) in [7, 11) is 0. The molecule has 0 aliphatic carbocycles. The maximum atomic E-state index is 9.31. The number of rotatable bonds is 0. The maximum Gasteiger partial charge on any atom is 0.209 e. The number of ether oxygens (including phenoxy) is 2. The summed E-state index contributed by atoms with van der Waals surface area (Å²) in [6, 6.07) is 2.06. The van der Waals surface area contributed by atoms with Crippen molar-refractivity contribution in [3.63, 3.8) is 0 Å². The van der Waals surface area contributed by atoms with Crippen molar-refractivity contribution < 1.29 is 9.47 Å². The highest BCUT2D eigenvalue weighted by molar-refractivity contribution is 6.15. The van der Waals surface area contributed by atoms with E-state index in [0.717, 1.165) is 0 Å². The van der Waals surface area contributed by atoms with E-state index in [0.29, 0.717) is 32.1 Å². The first kappa shape index (κ1) is 11.7. The van der Waals surface area contributed by atoms with Crippen LogP contribution in [0, 0.1) is 22.2 Å². The van der Waals surface area contributed by atoms with Crippen molar-refractivity contribution in [1.82, 2.24) is 4.90 Å². The van der Waals surface area contributed by atoms with Gasteiger partial charge < -0.3 is 20.1 Å². The van der Waals surface area contributed by atoms with Gasteiger partial charge in [-0.25, -0.2) is 4.99 Å². The molecule has 7 heteroatoms. The van der Waals surface area contributed by atoms with E-state index in [4.69, 9.17) is 20.6 Å². The molecule has 0 radical (unpaired) electrons. The normalized spacial score (nSPS) is 29.7. The zero-order chi connectivity index (χ0) is 13.5. The summed E-state index contributed by atoms with van der Waals surface area (Å²) in [5.41, 5.74) is 5.04. The van der Waals surface area contributed by atoms with E-state index in [1.54, 1.807) is 6.08 Å². The molecule has 0 saturated carbocycles. The molecule has 0 aromatic heterocycles. The van der Waals surface area contributed by atoms with Crippen LogP contribution in [0.1, 0.15) is 0 Å². The van der Waals surface area contributed by atoms with Crippen molar-refractivity contribution in [3.05, 3.63) is 23.7 Å². The highest BCUT2D eigenvalue weighted by atomic mass is 16.5. The second-order valence-electron chi connectivity index (χ2n) is 4.46. The van der Waals surface area contributed by atoms with Crippen molar-refractivity contribution >= 4 is 11.7 Å².